The number of carbonyl (C=O) groups excluding carboxylic acids is 1. The first-order valence-electron chi connectivity index (χ1n) is 6.47. The maximum atomic E-state index is 12.1. The zero-order chi connectivity index (χ0) is 13.0. The molecule has 1 aliphatic carbocycles. The Labute approximate surface area is 125 Å². The van der Waals surface area contributed by atoms with Crippen molar-refractivity contribution >= 4 is 29.9 Å². The van der Waals surface area contributed by atoms with Crippen molar-refractivity contribution in [1.82, 2.24) is 5.32 Å². The summed E-state index contributed by atoms with van der Waals surface area (Å²) in [6, 6.07) is 7.23. The molecule has 19 heavy (non-hydrogen) atoms. The molecule has 0 aromatic heterocycles. The molecule has 0 spiro atoms. The molecule has 106 valence electrons. The Balaban J connectivity index is 0.00000180. The minimum atomic E-state index is -0.0529. The molecule has 0 heterocycles. The van der Waals surface area contributed by atoms with Gasteiger partial charge in [-0.2, -0.15) is 0 Å². The molecule has 2 atom stereocenters. The van der Waals surface area contributed by atoms with Gasteiger partial charge in [0.2, 0.25) is 0 Å². The summed E-state index contributed by atoms with van der Waals surface area (Å²) < 4.78 is 0. The predicted octanol–water partition coefficient (Wildman–Crippen LogP) is 3.01. The monoisotopic (exact) mass is 302 g/mol. The van der Waals surface area contributed by atoms with Crippen LogP contribution in [0, 0.1) is 5.92 Å². The molecular weight excluding hydrogens is 283 g/mol. The third kappa shape index (κ3) is 4.37. The van der Waals surface area contributed by atoms with Gasteiger partial charge in [-0.3, -0.25) is 4.79 Å². The summed E-state index contributed by atoms with van der Waals surface area (Å²) in [6.45, 7) is 0.639. The lowest BCUT2D eigenvalue weighted by molar-refractivity contribution is 0.0908. The Kier molecular flexibility index (Phi) is 6.63. The molecule has 2 rings (SSSR count). The topological polar surface area (TPSA) is 55.1 Å². The van der Waals surface area contributed by atoms with Gasteiger partial charge >= 0.3 is 0 Å². The van der Waals surface area contributed by atoms with E-state index in [1.54, 1.807) is 24.3 Å². The number of amides is 1. The van der Waals surface area contributed by atoms with E-state index < -0.39 is 0 Å². The number of nitrogens with one attached hydrogen (secondary N) is 1. The van der Waals surface area contributed by atoms with Crippen LogP contribution in [0.4, 0.5) is 0 Å². The lowest BCUT2D eigenvalue weighted by Crippen LogP contribution is -2.44. The largest absolute Gasteiger partial charge is 0.349 e. The first kappa shape index (κ1) is 16.3. The van der Waals surface area contributed by atoms with Crippen LogP contribution in [0.5, 0.6) is 0 Å². The highest BCUT2D eigenvalue weighted by atomic mass is 35.5. The second kappa shape index (κ2) is 7.73. The molecule has 1 aromatic carbocycles. The minimum Gasteiger partial charge on any atom is -0.349 e. The van der Waals surface area contributed by atoms with Gasteiger partial charge < -0.3 is 11.1 Å². The van der Waals surface area contributed by atoms with Crippen molar-refractivity contribution in [3.05, 3.63) is 34.9 Å². The van der Waals surface area contributed by atoms with E-state index in [0.717, 1.165) is 19.3 Å². The van der Waals surface area contributed by atoms with Crippen molar-refractivity contribution in [3.8, 4) is 0 Å². The Bertz CT molecular complexity index is 426. The van der Waals surface area contributed by atoms with Gasteiger partial charge in [0, 0.05) is 16.6 Å². The molecule has 0 aliphatic heterocycles. The van der Waals surface area contributed by atoms with Crippen LogP contribution in [0.1, 0.15) is 36.0 Å². The van der Waals surface area contributed by atoms with E-state index in [4.69, 9.17) is 17.3 Å². The quantitative estimate of drug-likeness (QED) is 0.902. The summed E-state index contributed by atoms with van der Waals surface area (Å²) in [5.74, 6) is 0.352. The van der Waals surface area contributed by atoms with E-state index in [9.17, 15) is 4.79 Å². The number of hydrogen-bond donors (Lipinski definition) is 2. The lowest BCUT2D eigenvalue weighted by Gasteiger charge is -2.31. The van der Waals surface area contributed by atoms with Gasteiger partial charge in [0.25, 0.3) is 5.91 Å². The average molecular weight is 303 g/mol. The highest BCUT2D eigenvalue weighted by Crippen LogP contribution is 2.24. The number of carbonyl (C=O) groups is 1. The van der Waals surface area contributed by atoms with Crippen LogP contribution in [0.25, 0.3) is 0 Å². The number of nitrogens with two attached hydrogens (primary N) is 1. The van der Waals surface area contributed by atoms with Crippen LogP contribution in [-0.2, 0) is 0 Å². The van der Waals surface area contributed by atoms with Crippen molar-refractivity contribution in [2.45, 2.75) is 31.7 Å². The Morgan fingerprint density at radius 2 is 2.11 bits per heavy atom. The molecular formula is C14H20Cl2N2O. The zero-order valence-electron chi connectivity index (χ0n) is 10.8. The van der Waals surface area contributed by atoms with Crippen LogP contribution in [-0.4, -0.2) is 18.5 Å². The number of hydrogen-bond acceptors (Lipinski definition) is 2. The molecule has 3 N–H and O–H groups in total. The standard InChI is InChI=1S/C14H19ClN2O.ClH/c15-12-6-3-5-10(8-12)14(18)17-13-7-2-1-4-11(13)9-16;/h3,5-6,8,11,13H,1-2,4,7,9,16H2,(H,17,18);1H. The van der Waals surface area contributed by atoms with Crippen LogP contribution in [0.2, 0.25) is 5.02 Å². The molecule has 1 amide bonds. The van der Waals surface area contributed by atoms with E-state index in [-0.39, 0.29) is 24.4 Å². The van der Waals surface area contributed by atoms with E-state index in [0.29, 0.717) is 23.0 Å². The van der Waals surface area contributed by atoms with Crippen molar-refractivity contribution in [2.24, 2.45) is 11.7 Å². The second-order valence-corrected chi connectivity index (χ2v) is 5.31. The molecule has 1 fully saturated rings. The van der Waals surface area contributed by atoms with Crippen LogP contribution in [0.15, 0.2) is 24.3 Å². The molecule has 0 saturated heterocycles. The first-order valence-corrected chi connectivity index (χ1v) is 6.85. The van der Waals surface area contributed by atoms with Gasteiger partial charge in [0.15, 0.2) is 0 Å². The molecule has 0 bridgehead atoms. The Morgan fingerprint density at radius 1 is 1.37 bits per heavy atom. The maximum Gasteiger partial charge on any atom is 0.251 e. The van der Waals surface area contributed by atoms with Crippen LogP contribution < -0.4 is 11.1 Å². The molecule has 2 unspecified atom stereocenters. The fraction of sp³-hybridized carbons (Fsp3) is 0.500. The summed E-state index contributed by atoms with van der Waals surface area (Å²) in [5, 5.41) is 3.67. The van der Waals surface area contributed by atoms with Crippen LogP contribution >= 0.6 is 24.0 Å². The van der Waals surface area contributed by atoms with Gasteiger partial charge in [-0.15, -0.1) is 12.4 Å². The molecule has 5 heteroatoms. The minimum absolute atomic E-state index is 0. The van der Waals surface area contributed by atoms with Gasteiger partial charge in [-0.25, -0.2) is 0 Å². The number of benzene rings is 1. The van der Waals surface area contributed by atoms with Gasteiger partial charge in [-0.1, -0.05) is 30.5 Å². The van der Waals surface area contributed by atoms with E-state index in [2.05, 4.69) is 5.32 Å². The highest BCUT2D eigenvalue weighted by Gasteiger charge is 2.25. The van der Waals surface area contributed by atoms with Gasteiger partial charge in [-0.05, 0) is 43.5 Å². The molecule has 1 aromatic rings. The number of rotatable bonds is 3. The average Bonchev–Trinajstić information content (AvgIpc) is 2.39. The van der Waals surface area contributed by atoms with Crippen LogP contribution in [0.3, 0.4) is 0 Å². The van der Waals surface area contributed by atoms with Gasteiger partial charge in [0.1, 0.15) is 0 Å². The maximum absolute atomic E-state index is 12.1. The molecule has 0 radical (unpaired) electrons. The molecule has 3 nitrogen and oxygen atoms in total. The predicted molar refractivity (Wildman–Crippen MR) is 81.0 cm³/mol. The highest BCUT2D eigenvalue weighted by molar-refractivity contribution is 6.30. The second-order valence-electron chi connectivity index (χ2n) is 4.87. The van der Waals surface area contributed by atoms with E-state index in [1.165, 1.54) is 6.42 Å². The Morgan fingerprint density at radius 3 is 2.79 bits per heavy atom. The normalized spacial score (nSPS) is 22.4. The smallest absolute Gasteiger partial charge is 0.251 e. The Hall–Kier alpha value is -0.770. The summed E-state index contributed by atoms with van der Waals surface area (Å²) in [6.07, 6.45) is 4.51. The van der Waals surface area contributed by atoms with Crippen molar-refractivity contribution in [2.75, 3.05) is 6.54 Å². The summed E-state index contributed by atoms with van der Waals surface area (Å²) in [4.78, 5) is 12.1. The van der Waals surface area contributed by atoms with Gasteiger partial charge in [0.05, 0.1) is 0 Å². The summed E-state index contributed by atoms with van der Waals surface area (Å²) in [5.41, 5.74) is 6.37. The number of halogens is 2. The van der Waals surface area contributed by atoms with E-state index in [1.807, 2.05) is 0 Å². The molecule has 1 saturated carbocycles. The van der Waals surface area contributed by atoms with Crippen molar-refractivity contribution in [3.63, 3.8) is 0 Å². The zero-order valence-corrected chi connectivity index (χ0v) is 12.3. The first-order chi connectivity index (χ1) is 8.70. The fourth-order valence-electron chi connectivity index (χ4n) is 2.56. The fourth-order valence-corrected chi connectivity index (χ4v) is 2.75. The summed E-state index contributed by atoms with van der Waals surface area (Å²) in [7, 11) is 0. The third-order valence-electron chi connectivity index (χ3n) is 3.62. The van der Waals surface area contributed by atoms with Crippen molar-refractivity contribution in [1.29, 1.82) is 0 Å². The van der Waals surface area contributed by atoms with Crippen molar-refractivity contribution < 1.29 is 4.79 Å². The van der Waals surface area contributed by atoms with E-state index >= 15 is 0 Å². The molecule has 1 aliphatic rings. The third-order valence-corrected chi connectivity index (χ3v) is 3.85. The lowest BCUT2D eigenvalue weighted by atomic mass is 9.84. The SMILES string of the molecule is Cl.NCC1CCCCC1NC(=O)c1cccc(Cl)c1. The summed E-state index contributed by atoms with van der Waals surface area (Å²) >= 11 is 5.89.